The molecular formula is C30H36N2O2S. The third-order valence-corrected chi connectivity index (χ3v) is 6.85. The molecule has 1 atom stereocenters. The molecule has 0 saturated carbocycles. The molecule has 0 aliphatic heterocycles. The van der Waals surface area contributed by atoms with Crippen molar-refractivity contribution < 1.29 is 9.59 Å². The Morgan fingerprint density at radius 2 is 1.57 bits per heavy atom. The number of benzene rings is 3. The second kappa shape index (κ2) is 13.1. The number of rotatable bonds is 11. The lowest BCUT2D eigenvalue weighted by molar-refractivity contribution is -0.139. The average Bonchev–Trinajstić information content (AvgIpc) is 2.82. The number of amides is 2. The molecule has 3 rings (SSSR count). The zero-order valence-corrected chi connectivity index (χ0v) is 22.0. The van der Waals surface area contributed by atoms with Gasteiger partial charge in [-0.2, -0.15) is 0 Å². The SMILES string of the molecule is Cc1cccc(CN(C(=O)CSCc2ccccc2C)[C@@H](Cc2ccccc2)C(=O)NC(C)C)c1. The molecule has 3 aromatic carbocycles. The predicted octanol–water partition coefficient (Wildman–Crippen LogP) is 5.70. The molecule has 0 radical (unpaired) electrons. The van der Waals surface area contributed by atoms with Crippen molar-refractivity contribution in [3.63, 3.8) is 0 Å². The molecule has 1 N–H and O–H groups in total. The predicted molar refractivity (Wildman–Crippen MR) is 146 cm³/mol. The third-order valence-electron chi connectivity index (χ3n) is 5.88. The number of thioether (sulfide) groups is 1. The molecule has 3 aromatic rings. The summed E-state index contributed by atoms with van der Waals surface area (Å²) in [6.07, 6.45) is 0.472. The van der Waals surface area contributed by atoms with Crippen molar-refractivity contribution in [3.05, 3.63) is 107 Å². The summed E-state index contributed by atoms with van der Waals surface area (Å²) in [5.41, 5.74) is 5.65. The molecule has 0 fully saturated rings. The first-order valence-corrected chi connectivity index (χ1v) is 13.3. The molecule has 5 heteroatoms. The second-order valence-corrected chi connectivity index (χ2v) is 10.3. The van der Waals surface area contributed by atoms with Gasteiger partial charge in [-0.25, -0.2) is 0 Å². The lowest BCUT2D eigenvalue weighted by Crippen LogP contribution is -2.52. The summed E-state index contributed by atoms with van der Waals surface area (Å²) in [6.45, 7) is 8.42. The van der Waals surface area contributed by atoms with E-state index in [1.807, 2.05) is 81.4 Å². The minimum absolute atomic E-state index is 0.00729. The number of hydrogen-bond acceptors (Lipinski definition) is 3. The van der Waals surface area contributed by atoms with Gasteiger partial charge in [0.05, 0.1) is 5.75 Å². The second-order valence-electron chi connectivity index (χ2n) is 9.30. The fraction of sp³-hybridized carbons (Fsp3) is 0.333. The topological polar surface area (TPSA) is 49.4 Å². The summed E-state index contributed by atoms with van der Waals surface area (Å²) in [5, 5.41) is 3.05. The van der Waals surface area contributed by atoms with Crippen LogP contribution in [0, 0.1) is 13.8 Å². The molecule has 35 heavy (non-hydrogen) atoms. The fourth-order valence-corrected chi connectivity index (χ4v) is 5.03. The van der Waals surface area contributed by atoms with Crippen LogP contribution >= 0.6 is 11.8 Å². The zero-order valence-electron chi connectivity index (χ0n) is 21.2. The lowest BCUT2D eigenvalue weighted by atomic mass is 10.0. The fourth-order valence-electron chi connectivity index (χ4n) is 4.05. The van der Waals surface area contributed by atoms with Crippen LogP contribution in [0.5, 0.6) is 0 Å². The number of nitrogens with one attached hydrogen (secondary N) is 1. The van der Waals surface area contributed by atoms with Gasteiger partial charge in [-0.05, 0) is 49.9 Å². The summed E-state index contributed by atoms with van der Waals surface area (Å²) in [5.74, 6) is 0.942. The Balaban J connectivity index is 1.85. The van der Waals surface area contributed by atoms with Crippen molar-refractivity contribution in [2.45, 2.75) is 58.5 Å². The molecule has 184 valence electrons. The van der Waals surface area contributed by atoms with E-state index in [0.29, 0.717) is 18.7 Å². The Kier molecular flexibility index (Phi) is 9.98. The van der Waals surface area contributed by atoms with Gasteiger partial charge in [0.25, 0.3) is 0 Å². The van der Waals surface area contributed by atoms with Gasteiger partial charge in [-0.3, -0.25) is 9.59 Å². The van der Waals surface area contributed by atoms with Gasteiger partial charge in [-0.15, -0.1) is 11.8 Å². The van der Waals surface area contributed by atoms with Crippen molar-refractivity contribution in [2.24, 2.45) is 0 Å². The molecule has 0 heterocycles. The highest BCUT2D eigenvalue weighted by molar-refractivity contribution is 7.99. The van der Waals surface area contributed by atoms with Crippen molar-refractivity contribution >= 4 is 23.6 Å². The minimum atomic E-state index is -0.591. The van der Waals surface area contributed by atoms with Crippen LogP contribution in [0.3, 0.4) is 0 Å². The van der Waals surface area contributed by atoms with Gasteiger partial charge in [0.1, 0.15) is 6.04 Å². The quantitative estimate of drug-likeness (QED) is 0.377. The van der Waals surface area contributed by atoms with E-state index in [1.165, 1.54) is 11.1 Å². The molecule has 0 aromatic heterocycles. The van der Waals surface area contributed by atoms with Crippen LogP contribution in [-0.2, 0) is 28.3 Å². The normalized spacial score (nSPS) is 11.8. The number of carbonyl (C=O) groups excluding carboxylic acids is 2. The standard InChI is InChI=1S/C30H36N2O2S/c1-22(2)31-30(34)28(18-25-13-6-5-7-14-25)32(19-26-15-10-11-23(3)17-26)29(33)21-35-20-27-16-9-8-12-24(27)4/h5-17,22,28H,18-21H2,1-4H3,(H,31,34)/t28-/m0/s1. The van der Waals surface area contributed by atoms with Crippen LogP contribution in [0.15, 0.2) is 78.9 Å². The summed E-state index contributed by atoms with van der Waals surface area (Å²) in [7, 11) is 0. The number of aryl methyl sites for hydroxylation is 2. The Morgan fingerprint density at radius 3 is 2.26 bits per heavy atom. The maximum Gasteiger partial charge on any atom is 0.243 e. The molecule has 0 bridgehead atoms. The van der Waals surface area contributed by atoms with Crippen LogP contribution in [0.1, 0.15) is 41.7 Å². The van der Waals surface area contributed by atoms with Gasteiger partial charge in [0.2, 0.25) is 11.8 Å². The summed E-state index contributed by atoms with van der Waals surface area (Å²) >= 11 is 1.60. The first kappa shape index (κ1) is 26.6. The summed E-state index contributed by atoms with van der Waals surface area (Å²) in [4.78, 5) is 28.8. The van der Waals surface area contributed by atoms with Crippen molar-refractivity contribution in [3.8, 4) is 0 Å². The third kappa shape index (κ3) is 8.29. The van der Waals surface area contributed by atoms with E-state index < -0.39 is 6.04 Å². The Labute approximate surface area is 214 Å². The van der Waals surface area contributed by atoms with Gasteiger partial charge in [0, 0.05) is 24.8 Å². The maximum absolute atomic E-state index is 13.7. The van der Waals surface area contributed by atoms with Gasteiger partial charge in [-0.1, -0.05) is 84.4 Å². The summed E-state index contributed by atoms with van der Waals surface area (Å²) < 4.78 is 0. The van der Waals surface area contributed by atoms with E-state index in [-0.39, 0.29) is 17.9 Å². The zero-order chi connectivity index (χ0) is 25.2. The van der Waals surface area contributed by atoms with Gasteiger partial charge < -0.3 is 10.2 Å². The van der Waals surface area contributed by atoms with Crippen LogP contribution in [0.25, 0.3) is 0 Å². The van der Waals surface area contributed by atoms with E-state index >= 15 is 0 Å². The number of nitrogens with zero attached hydrogens (tertiary/aromatic N) is 1. The number of carbonyl (C=O) groups is 2. The van der Waals surface area contributed by atoms with Crippen LogP contribution in [0.4, 0.5) is 0 Å². The van der Waals surface area contributed by atoms with Gasteiger partial charge >= 0.3 is 0 Å². The maximum atomic E-state index is 13.7. The minimum Gasteiger partial charge on any atom is -0.352 e. The van der Waals surface area contributed by atoms with Crippen molar-refractivity contribution in [2.75, 3.05) is 5.75 Å². The molecular weight excluding hydrogens is 452 g/mol. The molecule has 0 unspecified atom stereocenters. The Bertz CT molecular complexity index is 1110. The molecule has 0 aliphatic carbocycles. The highest BCUT2D eigenvalue weighted by Crippen LogP contribution is 2.20. The lowest BCUT2D eigenvalue weighted by Gasteiger charge is -2.32. The van der Waals surface area contributed by atoms with Crippen molar-refractivity contribution in [1.82, 2.24) is 10.2 Å². The highest BCUT2D eigenvalue weighted by Gasteiger charge is 2.30. The van der Waals surface area contributed by atoms with Crippen LogP contribution < -0.4 is 5.32 Å². The highest BCUT2D eigenvalue weighted by atomic mass is 32.2. The van der Waals surface area contributed by atoms with E-state index in [9.17, 15) is 9.59 Å². The smallest absolute Gasteiger partial charge is 0.243 e. The monoisotopic (exact) mass is 488 g/mol. The summed E-state index contributed by atoms with van der Waals surface area (Å²) in [6, 6.07) is 25.7. The van der Waals surface area contributed by atoms with Crippen molar-refractivity contribution in [1.29, 1.82) is 0 Å². The molecule has 4 nitrogen and oxygen atoms in total. The first-order chi connectivity index (χ1) is 16.8. The van der Waals surface area contributed by atoms with E-state index in [2.05, 4.69) is 30.4 Å². The van der Waals surface area contributed by atoms with E-state index in [4.69, 9.17) is 0 Å². The number of hydrogen-bond donors (Lipinski definition) is 1. The van der Waals surface area contributed by atoms with E-state index in [0.717, 1.165) is 22.4 Å². The van der Waals surface area contributed by atoms with Gasteiger partial charge in [0.15, 0.2) is 0 Å². The van der Waals surface area contributed by atoms with E-state index in [1.54, 1.807) is 16.7 Å². The molecule has 2 amide bonds. The van der Waals surface area contributed by atoms with Crippen LogP contribution in [0.2, 0.25) is 0 Å². The molecule has 0 saturated heterocycles. The Hall–Kier alpha value is -3.05. The first-order valence-electron chi connectivity index (χ1n) is 12.1. The molecule has 0 spiro atoms. The van der Waals surface area contributed by atoms with Crippen LogP contribution in [-0.4, -0.2) is 34.6 Å². The largest absolute Gasteiger partial charge is 0.352 e. The average molecular weight is 489 g/mol. The molecule has 0 aliphatic rings. The Morgan fingerprint density at radius 1 is 0.886 bits per heavy atom.